The third-order valence-corrected chi connectivity index (χ3v) is 3.48. The fourth-order valence-corrected chi connectivity index (χ4v) is 2.37. The van der Waals surface area contributed by atoms with Gasteiger partial charge in [0, 0.05) is 12.2 Å². The van der Waals surface area contributed by atoms with E-state index in [1.54, 1.807) is 7.11 Å². The fraction of sp³-hybridized carbons (Fsp3) is 0.333. The molecular weight excluding hydrogens is 262 g/mol. The van der Waals surface area contributed by atoms with E-state index >= 15 is 0 Å². The zero-order valence-electron chi connectivity index (χ0n) is 13.2. The molecule has 21 heavy (non-hydrogen) atoms. The van der Waals surface area contributed by atoms with E-state index in [1.165, 1.54) is 11.3 Å². The Morgan fingerprint density at radius 3 is 2.29 bits per heavy atom. The molecule has 112 valence electrons. The molecule has 0 radical (unpaired) electrons. The maximum absolute atomic E-state index is 6.03. The zero-order valence-corrected chi connectivity index (χ0v) is 13.2. The van der Waals surface area contributed by atoms with Crippen LogP contribution in [0.4, 0.5) is 5.69 Å². The van der Waals surface area contributed by atoms with Crippen LogP contribution in [0.1, 0.15) is 19.4 Å². The molecule has 0 saturated carbocycles. The predicted molar refractivity (Wildman–Crippen MR) is 87.3 cm³/mol. The maximum atomic E-state index is 6.03. The smallest absolute Gasteiger partial charge is 0.169 e. The van der Waals surface area contributed by atoms with Gasteiger partial charge >= 0.3 is 0 Å². The highest BCUT2D eigenvalue weighted by molar-refractivity contribution is 5.49. The number of ether oxygens (including phenoxy) is 2. The molecule has 0 aliphatic rings. The van der Waals surface area contributed by atoms with Crippen LogP contribution in [0.5, 0.6) is 11.5 Å². The van der Waals surface area contributed by atoms with Gasteiger partial charge in [-0.15, -0.1) is 0 Å². The number of rotatable bonds is 6. The van der Waals surface area contributed by atoms with Crippen molar-refractivity contribution >= 4 is 5.69 Å². The lowest BCUT2D eigenvalue weighted by Crippen LogP contribution is -2.37. The first kappa shape index (κ1) is 15.2. The molecule has 0 aromatic heterocycles. The van der Waals surface area contributed by atoms with E-state index in [9.17, 15) is 0 Å². The third-order valence-electron chi connectivity index (χ3n) is 3.48. The topological polar surface area (TPSA) is 21.7 Å². The Kier molecular flexibility index (Phi) is 5.09. The Bertz CT molecular complexity index is 566. The standard InChI is InChI=1S/C18H23NO2/c1-5-19(16-8-6-7-14(2)13-16)15(3)21-18-11-9-17(20-4)10-12-18/h6-13,15H,5H2,1-4H3. The molecule has 1 unspecified atom stereocenters. The van der Waals surface area contributed by atoms with E-state index in [-0.39, 0.29) is 6.23 Å². The summed E-state index contributed by atoms with van der Waals surface area (Å²) in [6.45, 7) is 7.19. The summed E-state index contributed by atoms with van der Waals surface area (Å²) in [5.41, 5.74) is 2.43. The molecule has 2 aromatic carbocycles. The van der Waals surface area contributed by atoms with Crippen molar-refractivity contribution < 1.29 is 9.47 Å². The third kappa shape index (κ3) is 3.91. The van der Waals surface area contributed by atoms with E-state index in [0.717, 1.165) is 18.0 Å². The average molecular weight is 285 g/mol. The number of hydrogen-bond donors (Lipinski definition) is 0. The number of benzene rings is 2. The highest BCUT2D eigenvalue weighted by Gasteiger charge is 2.14. The zero-order chi connectivity index (χ0) is 15.2. The van der Waals surface area contributed by atoms with Crippen LogP contribution < -0.4 is 14.4 Å². The highest BCUT2D eigenvalue weighted by Crippen LogP contribution is 2.22. The van der Waals surface area contributed by atoms with Crippen molar-refractivity contribution in [3.05, 3.63) is 54.1 Å². The van der Waals surface area contributed by atoms with Crippen LogP contribution in [-0.2, 0) is 0 Å². The SMILES string of the molecule is CCN(c1cccc(C)c1)C(C)Oc1ccc(OC)cc1. The molecule has 0 spiro atoms. The van der Waals surface area contributed by atoms with E-state index in [4.69, 9.17) is 9.47 Å². The van der Waals surface area contributed by atoms with Gasteiger partial charge in [0.2, 0.25) is 0 Å². The number of methoxy groups -OCH3 is 1. The lowest BCUT2D eigenvalue weighted by molar-refractivity contribution is 0.216. The van der Waals surface area contributed by atoms with E-state index in [2.05, 4.69) is 49.9 Å². The summed E-state index contributed by atoms with van der Waals surface area (Å²) >= 11 is 0. The van der Waals surface area contributed by atoms with Crippen LogP contribution in [0.25, 0.3) is 0 Å². The summed E-state index contributed by atoms with van der Waals surface area (Å²) in [5, 5.41) is 0. The summed E-state index contributed by atoms with van der Waals surface area (Å²) in [4.78, 5) is 2.23. The average Bonchev–Trinajstić information content (AvgIpc) is 2.49. The normalized spacial score (nSPS) is 11.8. The minimum absolute atomic E-state index is 0.0369. The molecule has 0 heterocycles. The summed E-state index contributed by atoms with van der Waals surface area (Å²) < 4.78 is 11.2. The van der Waals surface area contributed by atoms with Crippen LogP contribution in [0.15, 0.2) is 48.5 Å². The molecule has 2 aromatic rings. The quantitative estimate of drug-likeness (QED) is 0.740. The molecule has 2 rings (SSSR count). The second-order valence-corrected chi connectivity index (χ2v) is 5.02. The van der Waals surface area contributed by atoms with Crippen LogP contribution in [0.3, 0.4) is 0 Å². The lowest BCUT2D eigenvalue weighted by Gasteiger charge is -2.30. The molecule has 0 saturated heterocycles. The maximum Gasteiger partial charge on any atom is 0.169 e. The predicted octanol–water partition coefficient (Wildman–Crippen LogP) is 4.25. The van der Waals surface area contributed by atoms with Gasteiger partial charge in [-0.3, -0.25) is 0 Å². The van der Waals surface area contributed by atoms with Crippen LogP contribution >= 0.6 is 0 Å². The van der Waals surface area contributed by atoms with Crippen molar-refractivity contribution in [2.24, 2.45) is 0 Å². The van der Waals surface area contributed by atoms with Crippen LogP contribution in [0, 0.1) is 6.92 Å². The molecule has 0 aliphatic carbocycles. The van der Waals surface area contributed by atoms with E-state index in [1.807, 2.05) is 24.3 Å². The summed E-state index contributed by atoms with van der Waals surface area (Å²) in [7, 11) is 1.66. The summed E-state index contributed by atoms with van der Waals surface area (Å²) in [6, 6.07) is 16.1. The summed E-state index contributed by atoms with van der Waals surface area (Å²) in [5.74, 6) is 1.68. The van der Waals surface area contributed by atoms with E-state index < -0.39 is 0 Å². The first-order valence-corrected chi connectivity index (χ1v) is 7.28. The molecule has 0 aliphatic heterocycles. The first-order chi connectivity index (χ1) is 10.1. The number of aryl methyl sites for hydroxylation is 1. The van der Waals surface area contributed by atoms with Crippen molar-refractivity contribution in [3.8, 4) is 11.5 Å². The van der Waals surface area contributed by atoms with Gasteiger partial charge in [0.25, 0.3) is 0 Å². The van der Waals surface area contributed by atoms with Gasteiger partial charge in [-0.1, -0.05) is 12.1 Å². The number of anilines is 1. The van der Waals surface area contributed by atoms with Crippen molar-refractivity contribution in [1.82, 2.24) is 0 Å². The Morgan fingerprint density at radius 1 is 1.05 bits per heavy atom. The molecule has 3 nitrogen and oxygen atoms in total. The van der Waals surface area contributed by atoms with Gasteiger partial charge in [-0.25, -0.2) is 0 Å². The lowest BCUT2D eigenvalue weighted by atomic mass is 10.2. The van der Waals surface area contributed by atoms with Crippen molar-refractivity contribution in [3.63, 3.8) is 0 Å². The van der Waals surface area contributed by atoms with Gasteiger partial charge in [0.15, 0.2) is 6.23 Å². The number of nitrogens with zero attached hydrogens (tertiary/aromatic N) is 1. The first-order valence-electron chi connectivity index (χ1n) is 7.28. The van der Waals surface area contributed by atoms with Gasteiger partial charge in [-0.2, -0.15) is 0 Å². The van der Waals surface area contributed by atoms with Crippen LogP contribution in [-0.4, -0.2) is 19.9 Å². The molecule has 0 fully saturated rings. The molecule has 0 bridgehead atoms. The van der Waals surface area contributed by atoms with Gasteiger partial charge in [0.1, 0.15) is 11.5 Å². The Balaban J connectivity index is 2.10. The molecule has 3 heteroatoms. The Hall–Kier alpha value is -2.16. The van der Waals surface area contributed by atoms with Crippen LogP contribution in [0.2, 0.25) is 0 Å². The van der Waals surface area contributed by atoms with Crippen molar-refractivity contribution in [1.29, 1.82) is 0 Å². The molecule has 0 N–H and O–H groups in total. The molecular formula is C18H23NO2. The fourth-order valence-electron chi connectivity index (χ4n) is 2.37. The largest absolute Gasteiger partial charge is 0.497 e. The summed E-state index contributed by atoms with van der Waals surface area (Å²) in [6.07, 6.45) is -0.0369. The second kappa shape index (κ2) is 7.02. The molecule has 1 atom stereocenters. The van der Waals surface area contributed by atoms with Gasteiger partial charge in [-0.05, 0) is 62.7 Å². The van der Waals surface area contributed by atoms with E-state index in [0.29, 0.717) is 0 Å². The van der Waals surface area contributed by atoms with Crippen molar-refractivity contribution in [2.45, 2.75) is 27.0 Å². The van der Waals surface area contributed by atoms with Gasteiger partial charge < -0.3 is 14.4 Å². The van der Waals surface area contributed by atoms with Gasteiger partial charge in [0.05, 0.1) is 7.11 Å². The Labute approximate surface area is 127 Å². The molecule has 0 amide bonds. The minimum atomic E-state index is -0.0369. The highest BCUT2D eigenvalue weighted by atomic mass is 16.5. The Morgan fingerprint density at radius 2 is 1.71 bits per heavy atom. The monoisotopic (exact) mass is 285 g/mol. The number of hydrogen-bond acceptors (Lipinski definition) is 3. The minimum Gasteiger partial charge on any atom is -0.497 e. The van der Waals surface area contributed by atoms with Crippen molar-refractivity contribution in [2.75, 3.05) is 18.6 Å². The second-order valence-electron chi connectivity index (χ2n) is 5.02.